The average molecular weight is 268 g/mol. The third kappa shape index (κ3) is 4.52. The molecule has 0 N–H and O–H groups in total. The first kappa shape index (κ1) is 13.6. The maximum Gasteiger partial charge on any atom is 0.573 e. The Balaban J connectivity index is 2.99. The number of oxime groups is 1. The summed E-state index contributed by atoms with van der Waals surface area (Å²) < 4.78 is 40.1. The quantitative estimate of drug-likeness (QED) is 0.617. The first-order valence-electron chi connectivity index (χ1n) is 4.64. The molecular formula is C10H9ClF3NO2. The lowest BCUT2D eigenvalue weighted by Gasteiger charge is -2.11. The zero-order valence-electron chi connectivity index (χ0n) is 8.79. The molecule has 0 bridgehead atoms. The first-order valence-corrected chi connectivity index (χ1v) is 5.02. The highest BCUT2D eigenvalue weighted by molar-refractivity contribution is 6.69. The van der Waals surface area contributed by atoms with Crippen LogP contribution >= 0.6 is 11.6 Å². The Labute approximate surface area is 101 Å². The second-order valence-corrected chi connectivity index (χ2v) is 3.20. The molecule has 0 atom stereocenters. The number of alkyl halides is 3. The fourth-order valence-corrected chi connectivity index (χ4v) is 1.23. The Morgan fingerprint density at radius 2 is 2.00 bits per heavy atom. The highest BCUT2D eigenvalue weighted by Gasteiger charge is 2.32. The smallest absolute Gasteiger partial charge is 0.405 e. The SMILES string of the molecule is CCO/N=C(\Cl)c1ccccc1OC(F)(F)F. The van der Waals surface area contributed by atoms with Gasteiger partial charge in [-0.15, -0.1) is 13.2 Å². The van der Waals surface area contributed by atoms with Crippen molar-refractivity contribution in [3.63, 3.8) is 0 Å². The summed E-state index contributed by atoms with van der Waals surface area (Å²) in [6.07, 6.45) is -4.78. The van der Waals surface area contributed by atoms with Crippen molar-refractivity contribution in [3.05, 3.63) is 29.8 Å². The van der Waals surface area contributed by atoms with Gasteiger partial charge in [0, 0.05) is 0 Å². The molecule has 7 heteroatoms. The molecule has 1 aromatic carbocycles. The fourth-order valence-electron chi connectivity index (χ4n) is 1.02. The van der Waals surface area contributed by atoms with Crippen molar-refractivity contribution in [1.29, 1.82) is 0 Å². The van der Waals surface area contributed by atoms with E-state index >= 15 is 0 Å². The topological polar surface area (TPSA) is 30.8 Å². The first-order chi connectivity index (χ1) is 7.94. The summed E-state index contributed by atoms with van der Waals surface area (Å²) in [6.45, 7) is 1.93. The van der Waals surface area contributed by atoms with Gasteiger partial charge in [-0.3, -0.25) is 0 Å². The van der Waals surface area contributed by atoms with Crippen molar-refractivity contribution >= 4 is 16.8 Å². The number of hydrogen-bond acceptors (Lipinski definition) is 3. The molecule has 0 saturated carbocycles. The van der Waals surface area contributed by atoms with Crippen LogP contribution in [0.5, 0.6) is 5.75 Å². The highest BCUT2D eigenvalue weighted by atomic mass is 35.5. The van der Waals surface area contributed by atoms with Gasteiger partial charge in [-0.25, -0.2) is 0 Å². The van der Waals surface area contributed by atoms with Crippen molar-refractivity contribution in [1.82, 2.24) is 0 Å². The summed E-state index contributed by atoms with van der Waals surface area (Å²) in [4.78, 5) is 4.65. The molecule has 0 heterocycles. The van der Waals surface area contributed by atoms with Gasteiger partial charge in [0.1, 0.15) is 12.4 Å². The summed E-state index contributed by atoms with van der Waals surface area (Å²) in [5.41, 5.74) is 0.0138. The minimum Gasteiger partial charge on any atom is -0.405 e. The number of rotatable bonds is 4. The average Bonchev–Trinajstić information content (AvgIpc) is 2.24. The molecule has 0 aromatic heterocycles. The van der Waals surface area contributed by atoms with Crippen LogP contribution in [0, 0.1) is 0 Å². The van der Waals surface area contributed by atoms with Gasteiger partial charge in [-0.1, -0.05) is 28.9 Å². The minimum atomic E-state index is -4.78. The van der Waals surface area contributed by atoms with E-state index in [1.165, 1.54) is 18.2 Å². The highest BCUT2D eigenvalue weighted by Crippen LogP contribution is 2.27. The molecule has 0 unspecified atom stereocenters. The fraction of sp³-hybridized carbons (Fsp3) is 0.300. The molecule has 0 saturated heterocycles. The van der Waals surface area contributed by atoms with Gasteiger partial charge in [-0.05, 0) is 19.1 Å². The van der Waals surface area contributed by atoms with Crippen LogP contribution in [0.4, 0.5) is 13.2 Å². The molecule has 0 fully saturated rings. The molecule has 0 spiro atoms. The largest absolute Gasteiger partial charge is 0.573 e. The van der Waals surface area contributed by atoms with Crippen LogP contribution in [0.2, 0.25) is 0 Å². The van der Waals surface area contributed by atoms with E-state index in [9.17, 15) is 13.2 Å². The molecule has 17 heavy (non-hydrogen) atoms. The van der Waals surface area contributed by atoms with Gasteiger partial charge >= 0.3 is 6.36 Å². The van der Waals surface area contributed by atoms with Crippen molar-refractivity contribution in [3.8, 4) is 5.75 Å². The van der Waals surface area contributed by atoms with Gasteiger partial charge in [0.05, 0.1) is 5.56 Å². The Kier molecular flexibility index (Phi) is 4.62. The van der Waals surface area contributed by atoms with E-state index in [1.54, 1.807) is 6.92 Å². The van der Waals surface area contributed by atoms with Crippen molar-refractivity contribution in [2.24, 2.45) is 5.16 Å². The van der Waals surface area contributed by atoms with Crippen LogP contribution in [0.1, 0.15) is 12.5 Å². The molecule has 94 valence electrons. The number of para-hydroxylation sites is 1. The lowest BCUT2D eigenvalue weighted by molar-refractivity contribution is -0.274. The van der Waals surface area contributed by atoms with Crippen LogP contribution in [0.25, 0.3) is 0 Å². The predicted molar refractivity (Wildman–Crippen MR) is 57.1 cm³/mol. The van der Waals surface area contributed by atoms with E-state index in [2.05, 4.69) is 14.7 Å². The minimum absolute atomic E-state index is 0.0138. The number of halogens is 4. The maximum absolute atomic E-state index is 12.1. The van der Waals surface area contributed by atoms with E-state index < -0.39 is 12.1 Å². The molecule has 0 aliphatic carbocycles. The molecule has 1 aromatic rings. The van der Waals surface area contributed by atoms with E-state index in [4.69, 9.17) is 11.6 Å². The van der Waals surface area contributed by atoms with Crippen LogP contribution in [0.15, 0.2) is 29.4 Å². The van der Waals surface area contributed by atoms with Gasteiger partial charge in [-0.2, -0.15) is 0 Å². The van der Waals surface area contributed by atoms with E-state index in [0.29, 0.717) is 0 Å². The summed E-state index contributed by atoms with van der Waals surface area (Å²) in [5.74, 6) is -0.423. The van der Waals surface area contributed by atoms with Gasteiger partial charge < -0.3 is 9.57 Å². The van der Waals surface area contributed by atoms with E-state index in [-0.39, 0.29) is 17.3 Å². The Hall–Kier alpha value is -1.43. The van der Waals surface area contributed by atoms with E-state index in [1.807, 2.05) is 0 Å². The van der Waals surface area contributed by atoms with Crippen molar-refractivity contribution in [2.75, 3.05) is 6.61 Å². The Morgan fingerprint density at radius 1 is 1.35 bits per heavy atom. The molecule has 0 amide bonds. The maximum atomic E-state index is 12.1. The third-order valence-electron chi connectivity index (χ3n) is 1.61. The molecular weight excluding hydrogens is 259 g/mol. The summed E-state index contributed by atoms with van der Waals surface area (Å²) >= 11 is 5.70. The van der Waals surface area contributed by atoms with Crippen molar-refractivity contribution < 1.29 is 22.7 Å². The third-order valence-corrected chi connectivity index (χ3v) is 1.88. The molecule has 0 aliphatic rings. The number of nitrogens with zero attached hydrogens (tertiary/aromatic N) is 1. The number of ether oxygens (including phenoxy) is 1. The zero-order valence-corrected chi connectivity index (χ0v) is 9.55. The molecule has 1 rings (SSSR count). The number of benzene rings is 1. The summed E-state index contributed by atoms with van der Waals surface area (Å²) in [6, 6.07) is 5.41. The number of hydrogen-bond donors (Lipinski definition) is 0. The second-order valence-electron chi connectivity index (χ2n) is 2.84. The monoisotopic (exact) mass is 267 g/mol. The van der Waals surface area contributed by atoms with Gasteiger partial charge in [0.25, 0.3) is 0 Å². The Morgan fingerprint density at radius 3 is 2.59 bits per heavy atom. The van der Waals surface area contributed by atoms with E-state index in [0.717, 1.165) is 6.07 Å². The predicted octanol–water partition coefficient (Wildman–Crippen LogP) is 3.52. The lowest BCUT2D eigenvalue weighted by atomic mass is 10.2. The van der Waals surface area contributed by atoms with Crippen LogP contribution in [-0.2, 0) is 4.84 Å². The molecule has 0 radical (unpaired) electrons. The van der Waals surface area contributed by atoms with Crippen LogP contribution < -0.4 is 4.74 Å². The lowest BCUT2D eigenvalue weighted by Crippen LogP contribution is -2.18. The van der Waals surface area contributed by atoms with Crippen molar-refractivity contribution in [2.45, 2.75) is 13.3 Å². The zero-order chi connectivity index (χ0) is 12.9. The van der Waals surface area contributed by atoms with Gasteiger partial charge in [0.2, 0.25) is 0 Å². The molecule has 0 aliphatic heterocycles. The van der Waals surface area contributed by atoms with Crippen LogP contribution in [-0.4, -0.2) is 18.1 Å². The van der Waals surface area contributed by atoms with Crippen LogP contribution in [0.3, 0.4) is 0 Å². The Bertz CT molecular complexity index is 407. The van der Waals surface area contributed by atoms with Gasteiger partial charge in [0.15, 0.2) is 5.17 Å². The summed E-state index contributed by atoms with van der Waals surface area (Å²) in [5, 5.41) is 3.24. The summed E-state index contributed by atoms with van der Waals surface area (Å²) in [7, 11) is 0. The standard InChI is InChI=1S/C10H9ClF3NO2/c1-2-16-15-9(11)7-5-3-4-6-8(7)17-10(12,13)14/h3-6H,2H2,1H3/b15-9-. The molecule has 3 nitrogen and oxygen atoms in total. The second kappa shape index (κ2) is 5.77. The normalized spacial score (nSPS) is 12.4.